The van der Waals surface area contributed by atoms with E-state index in [9.17, 15) is 13.2 Å². The molecule has 0 atom stereocenters. The molecule has 0 saturated heterocycles. The summed E-state index contributed by atoms with van der Waals surface area (Å²) in [5.74, 6) is -2.79. The summed E-state index contributed by atoms with van der Waals surface area (Å²) in [6.07, 6.45) is 2.82. The lowest BCUT2D eigenvalue weighted by molar-refractivity contribution is 0.107. The zero-order valence-corrected chi connectivity index (χ0v) is 9.93. The molecule has 0 N–H and O–H groups in total. The first kappa shape index (κ1) is 14.6. The molecule has 0 spiro atoms. The Bertz CT molecular complexity index is 371. The predicted octanol–water partition coefficient (Wildman–Crippen LogP) is 3.56. The summed E-state index contributed by atoms with van der Waals surface area (Å²) in [7, 11) is 0. The lowest BCUT2D eigenvalue weighted by Crippen LogP contribution is -2.02. The molecule has 0 aromatic heterocycles. The van der Waals surface area contributed by atoms with Crippen molar-refractivity contribution in [2.45, 2.75) is 19.4 Å². The van der Waals surface area contributed by atoms with Gasteiger partial charge in [0.05, 0.1) is 19.5 Å². The summed E-state index contributed by atoms with van der Waals surface area (Å²) >= 11 is 0. The van der Waals surface area contributed by atoms with Crippen molar-refractivity contribution < 1.29 is 22.6 Å². The minimum absolute atomic E-state index is 0.208. The van der Waals surface area contributed by atoms with E-state index >= 15 is 0 Å². The van der Waals surface area contributed by atoms with E-state index in [1.54, 1.807) is 0 Å². The molecule has 0 aliphatic heterocycles. The van der Waals surface area contributed by atoms with Crippen molar-refractivity contribution in [1.82, 2.24) is 0 Å². The molecule has 2 nitrogen and oxygen atoms in total. The van der Waals surface area contributed by atoms with Crippen LogP contribution in [-0.2, 0) is 16.1 Å². The van der Waals surface area contributed by atoms with E-state index in [4.69, 9.17) is 9.47 Å². The number of hydrogen-bond donors (Lipinski definition) is 0. The highest BCUT2D eigenvalue weighted by Crippen LogP contribution is 2.15. The van der Waals surface area contributed by atoms with Gasteiger partial charge in [-0.1, -0.05) is 6.58 Å². The van der Waals surface area contributed by atoms with Crippen LogP contribution in [0.2, 0.25) is 0 Å². The van der Waals surface area contributed by atoms with Crippen LogP contribution in [0.4, 0.5) is 13.2 Å². The van der Waals surface area contributed by atoms with Crippen LogP contribution in [0.5, 0.6) is 0 Å². The number of halogens is 3. The van der Waals surface area contributed by atoms with Crippen molar-refractivity contribution in [3.05, 3.63) is 48.0 Å². The average molecular weight is 260 g/mol. The van der Waals surface area contributed by atoms with Gasteiger partial charge in [-0.15, -0.1) is 0 Å². The van der Waals surface area contributed by atoms with Gasteiger partial charge in [-0.2, -0.15) is 0 Å². The number of unbranched alkanes of at least 4 members (excludes halogenated alkanes) is 1. The maximum Gasteiger partial charge on any atom is 0.134 e. The fourth-order valence-electron chi connectivity index (χ4n) is 1.36. The third-order valence-corrected chi connectivity index (χ3v) is 2.27. The van der Waals surface area contributed by atoms with Gasteiger partial charge < -0.3 is 9.47 Å². The van der Waals surface area contributed by atoms with Gasteiger partial charge in [0.2, 0.25) is 0 Å². The van der Waals surface area contributed by atoms with E-state index in [-0.39, 0.29) is 12.2 Å². The van der Waals surface area contributed by atoms with E-state index in [1.165, 1.54) is 6.26 Å². The normalized spacial score (nSPS) is 10.4. The second kappa shape index (κ2) is 7.76. The number of ether oxygens (including phenoxy) is 2. The molecule has 5 heteroatoms. The summed E-state index contributed by atoms with van der Waals surface area (Å²) < 4.78 is 49.0. The second-order valence-corrected chi connectivity index (χ2v) is 3.65. The topological polar surface area (TPSA) is 18.5 Å². The van der Waals surface area contributed by atoms with Crippen LogP contribution in [0.1, 0.15) is 18.4 Å². The van der Waals surface area contributed by atoms with E-state index in [0.29, 0.717) is 31.8 Å². The monoisotopic (exact) mass is 260 g/mol. The minimum atomic E-state index is -0.935. The molecule has 0 fully saturated rings. The maximum absolute atomic E-state index is 13.2. The minimum Gasteiger partial charge on any atom is -0.502 e. The first-order chi connectivity index (χ1) is 8.65. The second-order valence-electron chi connectivity index (χ2n) is 3.65. The zero-order valence-electron chi connectivity index (χ0n) is 9.93. The Morgan fingerprint density at radius 2 is 1.67 bits per heavy atom. The quantitative estimate of drug-likeness (QED) is 0.525. The van der Waals surface area contributed by atoms with E-state index < -0.39 is 17.5 Å². The summed E-state index contributed by atoms with van der Waals surface area (Å²) in [5.41, 5.74) is -0.251. The highest BCUT2D eigenvalue weighted by molar-refractivity contribution is 5.19. The molecular weight excluding hydrogens is 245 g/mol. The van der Waals surface area contributed by atoms with Crippen LogP contribution in [0, 0.1) is 17.5 Å². The smallest absolute Gasteiger partial charge is 0.134 e. The van der Waals surface area contributed by atoms with Crippen LogP contribution >= 0.6 is 0 Å². The Labute approximate surface area is 104 Å². The predicted molar refractivity (Wildman–Crippen MR) is 61.4 cm³/mol. The van der Waals surface area contributed by atoms with Gasteiger partial charge in [0, 0.05) is 24.3 Å². The van der Waals surface area contributed by atoms with Crippen molar-refractivity contribution in [3.8, 4) is 0 Å². The molecule has 100 valence electrons. The van der Waals surface area contributed by atoms with Crippen LogP contribution in [-0.4, -0.2) is 13.2 Å². The lowest BCUT2D eigenvalue weighted by Gasteiger charge is -2.07. The van der Waals surface area contributed by atoms with Gasteiger partial charge in [0.25, 0.3) is 0 Å². The van der Waals surface area contributed by atoms with E-state index in [1.807, 2.05) is 0 Å². The van der Waals surface area contributed by atoms with Crippen molar-refractivity contribution in [1.29, 1.82) is 0 Å². The summed E-state index contributed by atoms with van der Waals surface area (Å²) in [4.78, 5) is 0. The number of hydrogen-bond acceptors (Lipinski definition) is 2. The molecule has 0 radical (unpaired) electrons. The van der Waals surface area contributed by atoms with Crippen molar-refractivity contribution in [3.63, 3.8) is 0 Å². The van der Waals surface area contributed by atoms with E-state index in [2.05, 4.69) is 6.58 Å². The van der Waals surface area contributed by atoms with Crippen molar-refractivity contribution >= 4 is 0 Å². The van der Waals surface area contributed by atoms with Gasteiger partial charge in [0.1, 0.15) is 17.5 Å². The van der Waals surface area contributed by atoms with Crippen LogP contribution in [0.3, 0.4) is 0 Å². The molecule has 1 aromatic rings. The van der Waals surface area contributed by atoms with Gasteiger partial charge >= 0.3 is 0 Å². The van der Waals surface area contributed by atoms with E-state index in [0.717, 1.165) is 6.42 Å². The zero-order chi connectivity index (χ0) is 13.4. The lowest BCUT2D eigenvalue weighted by atomic mass is 10.2. The van der Waals surface area contributed by atoms with Crippen molar-refractivity contribution in [2.24, 2.45) is 0 Å². The Morgan fingerprint density at radius 1 is 1.06 bits per heavy atom. The Morgan fingerprint density at radius 3 is 2.28 bits per heavy atom. The Balaban J connectivity index is 2.29. The SMILES string of the molecule is C=COCCCCOCc1c(F)cc(F)cc1F. The Kier molecular flexibility index (Phi) is 6.28. The largest absolute Gasteiger partial charge is 0.502 e. The van der Waals surface area contributed by atoms with Gasteiger partial charge in [-0.25, -0.2) is 13.2 Å². The molecular formula is C13H15F3O2. The molecule has 0 amide bonds. The summed E-state index contributed by atoms with van der Waals surface area (Å²) in [6.45, 7) is 4.08. The van der Waals surface area contributed by atoms with Gasteiger partial charge in [0.15, 0.2) is 0 Å². The molecule has 0 heterocycles. The Hall–Kier alpha value is -1.49. The number of benzene rings is 1. The first-order valence-corrected chi connectivity index (χ1v) is 5.59. The standard InChI is InChI=1S/C13H15F3O2/c1-2-17-5-3-4-6-18-9-11-12(15)7-10(14)8-13(11)16/h2,7-8H,1,3-6,9H2. The fourth-order valence-corrected chi connectivity index (χ4v) is 1.36. The van der Waals surface area contributed by atoms with Crippen LogP contribution in [0.15, 0.2) is 25.0 Å². The molecule has 0 unspecified atom stereocenters. The molecule has 1 rings (SSSR count). The molecule has 18 heavy (non-hydrogen) atoms. The third-order valence-electron chi connectivity index (χ3n) is 2.27. The molecule has 0 saturated carbocycles. The summed E-state index contributed by atoms with van der Waals surface area (Å²) in [6, 6.07) is 1.28. The van der Waals surface area contributed by atoms with Crippen LogP contribution in [0.25, 0.3) is 0 Å². The fraction of sp³-hybridized carbons (Fsp3) is 0.385. The highest BCUT2D eigenvalue weighted by atomic mass is 19.1. The maximum atomic E-state index is 13.2. The summed E-state index contributed by atoms with van der Waals surface area (Å²) in [5, 5.41) is 0. The number of rotatable bonds is 8. The first-order valence-electron chi connectivity index (χ1n) is 5.59. The highest BCUT2D eigenvalue weighted by Gasteiger charge is 2.11. The van der Waals surface area contributed by atoms with Gasteiger partial charge in [-0.05, 0) is 12.8 Å². The molecule has 0 aliphatic rings. The van der Waals surface area contributed by atoms with Crippen molar-refractivity contribution in [2.75, 3.05) is 13.2 Å². The average Bonchev–Trinajstić information content (AvgIpc) is 2.30. The van der Waals surface area contributed by atoms with Crippen LogP contribution < -0.4 is 0 Å². The van der Waals surface area contributed by atoms with Gasteiger partial charge in [-0.3, -0.25) is 0 Å². The molecule has 0 aliphatic carbocycles. The molecule has 0 bridgehead atoms. The third kappa shape index (κ3) is 4.79. The molecule has 1 aromatic carbocycles.